The molecule has 0 saturated carbocycles. The van der Waals surface area contributed by atoms with Gasteiger partial charge in [-0.05, 0) is 30.7 Å². The molecule has 0 aliphatic rings. The number of rotatable bonds is 3. The number of benzene rings is 1. The van der Waals surface area contributed by atoms with Crippen LogP contribution < -0.4 is 5.32 Å². The summed E-state index contributed by atoms with van der Waals surface area (Å²) in [5.41, 5.74) is 1.12. The van der Waals surface area contributed by atoms with Crippen LogP contribution in [0, 0.1) is 17.0 Å². The number of anilines is 1. The topological polar surface area (TPSA) is 85.4 Å². The number of nitrogens with one attached hydrogen (secondary N) is 1. The van der Waals surface area contributed by atoms with E-state index in [9.17, 15) is 14.9 Å². The van der Waals surface area contributed by atoms with Crippen molar-refractivity contribution in [3.63, 3.8) is 0 Å². The van der Waals surface area contributed by atoms with Crippen molar-refractivity contribution in [1.29, 1.82) is 0 Å². The molecule has 0 saturated heterocycles. The molecular formula is C12H10N2O4. The van der Waals surface area contributed by atoms with Crippen LogP contribution in [0.2, 0.25) is 0 Å². The Hall–Kier alpha value is -2.63. The number of carbonyl (C=O) groups excluding carboxylic acids is 1. The predicted octanol–water partition coefficient (Wildman–Crippen LogP) is 2.75. The van der Waals surface area contributed by atoms with Gasteiger partial charge in [0, 0.05) is 17.8 Å². The van der Waals surface area contributed by atoms with Crippen LogP contribution in [0.15, 0.2) is 41.0 Å². The normalized spacial score (nSPS) is 10.1. The fraction of sp³-hybridized carbons (Fsp3) is 0.0833. The zero-order valence-corrected chi connectivity index (χ0v) is 9.54. The van der Waals surface area contributed by atoms with Gasteiger partial charge in [0.25, 0.3) is 11.6 Å². The van der Waals surface area contributed by atoms with E-state index in [0.717, 1.165) is 0 Å². The van der Waals surface area contributed by atoms with E-state index in [0.29, 0.717) is 11.3 Å². The molecule has 92 valence electrons. The maximum Gasteiger partial charge on any atom is 0.291 e. The molecule has 6 heteroatoms. The lowest BCUT2D eigenvalue weighted by Gasteiger charge is -2.06. The molecule has 1 aromatic carbocycles. The average Bonchev–Trinajstić information content (AvgIpc) is 2.85. The molecular weight excluding hydrogens is 236 g/mol. The zero-order chi connectivity index (χ0) is 13.1. The number of non-ortho nitro benzene ring substituents is 1. The summed E-state index contributed by atoms with van der Waals surface area (Å²) in [5.74, 6) is -0.204. The first-order valence-electron chi connectivity index (χ1n) is 5.18. The van der Waals surface area contributed by atoms with E-state index in [-0.39, 0.29) is 11.4 Å². The Kier molecular flexibility index (Phi) is 3.09. The van der Waals surface area contributed by atoms with Gasteiger partial charge < -0.3 is 9.73 Å². The summed E-state index contributed by atoms with van der Waals surface area (Å²) in [4.78, 5) is 21.8. The van der Waals surface area contributed by atoms with E-state index in [2.05, 4.69) is 5.32 Å². The van der Waals surface area contributed by atoms with Gasteiger partial charge in [-0.3, -0.25) is 14.9 Å². The first-order valence-corrected chi connectivity index (χ1v) is 5.18. The highest BCUT2D eigenvalue weighted by Gasteiger charge is 2.12. The molecule has 0 aliphatic carbocycles. The van der Waals surface area contributed by atoms with Crippen molar-refractivity contribution in [1.82, 2.24) is 0 Å². The van der Waals surface area contributed by atoms with Crippen LogP contribution in [0.5, 0.6) is 0 Å². The summed E-state index contributed by atoms with van der Waals surface area (Å²) in [5, 5.41) is 13.2. The molecule has 0 unspecified atom stereocenters. The zero-order valence-electron chi connectivity index (χ0n) is 9.54. The molecule has 0 aliphatic heterocycles. The fourth-order valence-electron chi connectivity index (χ4n) is 1.49. The first kappa shape index (κ1) is 11.8. The second-order valence-corrected chi connectivity index (χ2v) is 3.69. The van der Waals surface area contributed by atoms with Crippen molar-refractivity contribution in [3.8, 4) is 0 Å². The van der Waals surface area contributed by atoms with Gasteiger partial charge in [-0.15, -0.1) is 0 Å². The van der Waals surface area contributed by atoms with Gasteiger partial charge in [0.2, 0.25) is 0 Å². The molecule has 0 bridgehead atoms. The van der Waals surface area contributed by atoms with Gasteiger partial charge in [-0.1, -0.05) is 0 Å². The highest BCUT2D eigenvalue weighted by Crippen LogP contribution is 2.21. The van der Waals surface area contributed by atoms with Crippen LogP contribution in [0.25, 0.3) is 0 Å². The quantitative estimate of drug-likeness (QED) is 0.666. The Morgan fingerprint density at radius 3 is 2.72 bits per heavy atom. The molecule has 6 nitrogen and oxygen atoms in total. The van der Waals surface area contributed by atoms with Crippen molar-refractivity contribution in [2.24, 2.45) is 0 Å². The van der Waals surface area contributed by atoms with Gasteiger partial charge in [0.05, 0.1) is 11.2 Å². The van der Waals surface area contributed by atoms with Crippen molar-refractivity contribution in [2.75, 3.05) is 5.32 Å². The lowest BCUT2D eigenvalue weighted by molar-refractivity contribution is -0.384. The van der Waals surface area contributed by atoms with E-state index in [4.69, 9.17) is 4.42 Å². The van der Waals surface area contributed by atoms with Crippen LogP contribution >= 0.6 is 0 Å². The molecule has 1 amide bonds. The monoisotopic (exact) mass is 246 g/mol. The number of carbonyl (C=O) groups is 1. The fourth-order valence-corrected chi connectivity index (χ4v) is 1.49. The number of nitrogens with zero attached hydrogens (tertiary/aromatic N) is 1. The largest absolute Gasteiger partial charge is 0.459 e. The maximum absolute atomic E-state index is 11.7. The SMILES string of the molecule is Cc1cc([N+](=O)[O-])ccc1NC(=O)c1ccco1. The third-order valence-corrected chi connectivity index (χ3v) is 2.41. The average molecular weight is 246 g/mol. The molecule has 0 radical (unpaired) electrons. The van der Waals surface area contributed by atoms with Gasteiger partial charge in [-0.25, -0.2) is 0 Å². The van der Waals surface area contributed by atoms with Crippen molar-refractivity contribution in [3.05, 3.63) is 58.0 Å². The number of hydrogen-bond acceptors (Lipinski definition) is 4. The summed E-state index contributed by atoms with van der Waals surface area (Å²) in [7, 11) is 0. The summed E-state index contributed by atoms with van der Waals surface area (Å²) >= 11 is 0. The Labute approximate surface area is 102 Å². The van der Waals surface area contributed by atoms with Gasteiger partial charge in [-0.2, -0.15) is 0 Å². The summed E-state index contributed by atoms with van der Waals surface area (Å²) in [6.45, 7) is 1.69. The number of aryl methyl sites for hydroxylation is 1. The molecule has 1 N–H and O–H groups in total. The van der Waals surface area contributed by atoms with E-state index in [1.54, 1.807) is 13.0 Å². The van der Waals surface area contributed by atoms with E-state index in [1.807, 2.05) is 0 Å². The van der Waals surface area contributed by atoms with Crippen LogP contribution in [0.3, 0.4) is 0 Å². The van der Waals surface area contributed by atoms with Crippen LogP contribution in [0.1, 0.15) is 16.1 Å². The molecule has 0 fully saturated rings. The first-order chi connectivity index (χ1) is 8.58. The third kappa shape index (κ3) is 2.37. The number of amides is 1. The Bertz CT molecular complexity index is 590. The van der Waals surface area contributed by atoms with Crippen LogP contribution in [0.4, 0.5) is 11.4 Å². The maximum atomic E-state index is 11.7. The highest BCUT2D eigenvalue weighted by molar-refractivity contribution is 6.02. The van der Waals surface area contributed by atoms with Gasteiger partial charge in [0.15, 0.2) is 5.76 Å². The van der Waals surface area contributed by atoms with Crippen LogP contribution in [-0.4, -0.2) is 10.8 Å². The number of hydrogen-bond donors (Lipinski definition) is 1. The number of furan rings is 1. The molecule has 2 aromatic rings. The van der Waals surface area contributed by atoms with Gasteiger partial charge in [0.1, 0.15) is 0 Å². The standard InChI is InChI=1S/C12H10N2O4/c1-8-7-9(14(16)17)4-5-10(8)13-12(15)11-3-2-6-18-11/h2-7H,1H3,(H,13,15). The molecule has 1 aromatic heterocycles. The number of nitro groups is 1. The van der Waals surface area contributed by atoms with Crippen molar-refractivity contribution in [2.45, 2.75) is 6.92 Å². The summed E-state index contributed by atoms with van der Waals surface area (Å²) in [6, 6.07) is 7.38. The Balaban J connectivity index is 2.20. The molecule has 18 heavy (non-hydrogen) atoms. The Morgan fingerprint density at radius 2 is 2.17 bits per heavy atom. The minimum atomic E-state index is -0.481. The lowest BCUT2D eigenvalue weighted by atomic mass is 10.2. The van der Waals surface area contributed by atoms with E-state index >= 15 is 0 Å². The number of nitro benzene ring substituents is 1. The third-order valence-electron chi connectivity index (χ3n) is 2.41. The highest BCUT2D eigenvalue weighted by atomic mass is 16.6. The predicted molar refractivity (Wildman–Crippen MR) is 64.5 cm³/mol. The minimum absolute atomic E-state index is 0.0107. The van der Waals surface area contributed by atoms with E-state index in [1.165, 1.54) is 30.5 Å². The Morgan fingerprint density at radius 1 is 1.39 bits per heavy atom. The molecule has 0 atom stereocenters. The smallest absolute Gasteiger partial charge is 0.291 e. The van der Waals surface area contributed by atoms with Gasteiger partial charge >= 0.3 is 0 Å². The molecule has 1 heterocycles. The minimum Gasteiger partial charge on any atom is -0.459 e. The van der Waals surface area contributed by atoms with E-state index < -0.39 is 10.8 Å². The van der Waals surface area contributed by atoms with Crippen molar-refractivity contribution < 1.29 is 14.1 Å². The second kappa shape index (κ2) is 4.70. The molecule has 0 spiro atoms. The summed E-state index contributed by atoms with van der Waals surface area (Å²) < 4.78 is 4.95. The second-order valence-electron chi connectivity index (χ2n) is 3.69. The van der Waals surface area contributed by atoms with Crippen molar-refractivity contribution >= 4 is 17.3 Å². The molecule has 2 rings (SSSR count). The van der Waals surface area contributed by atoms with Crippen LogP contribution in [-0.2, 0) is 0 Å². The lowest BCUT2D eigenvalue weighted by Crippen LogP contribution is -2.11. The summed E-state index contributed by atoms with van der Waals surface area (Å²) in [6.07, 6.45) is 1.40.